The Morgan fingerprint density at radius 3 is 2.32 bits per heavy atom. The van der Waals surface area contributed by atoms with Crippen molar-refractivity contribution in [2.45, 2.75) is 79.4 Å². The Balaban J connectivity index is 2.81. The molecule has 3 heteroatoms. The van der Waals surface area contributed by atoms with E-state index >= 15 is 0 Å². The van der Waals surface area contributed by atoms with Crippen LogP contribution >= 0.6 is 0 Å². The maximum atomic E-state index is 4.59. The standard InChI is InChI=1S/C16H31N3/c1-12(2)8-9-19-15(13(3)4)14(11-18-19)10-17-16(5,6)7/h11-13,17H,8-10H2,1-7H3. The van der Waals surface area contributed by atoms with Gasteiger partial charge in [-0.1, -0.05) is 27.7 Å². The van der Waals surface area contributed by atoms with Gasteiger partial charge in [-0.05, 0) is 39.0 Å². The number of aryl methyl sites for hydroxylation is 1. The molecule has 0 aliphatic carbocycles. The van der Waals surface area contributed by atoms with Crippen LogP contribution in [0.15, 0.2) is 6.20 Å². The van der Waals surface area contributed by atoms with Gasteiger partial charge in [0.15, 0.2) is 0 Å². The van der Waals surface area contributed by atoms with E-state index in [1.807, 2.05) is 6.20 Å². The predicted octanol–water partition coefficient (Wildman–Crippen LogP) is 3.94. The minimum Gasteiger partial charge on any atom is -0.308 e. The summed E-state index contributed by atoms with van der Waals surface area (Å²) in [6, 6.07) is 0. The molecule has 0 aliphatic rings. The van der Waals surface area contributed by atoms with Crippen LogP contribution in [0.4, 0.5) is 0 Å². The molecule has 1 aromatic rings. The van der Waals surface area contributed by atoms with E-state index in [4.69, 9.17) is 0 Å². The highest BCUT2D eigenvalue weighted by molar-refractivity contribution is 5.21. The van der Waals surface area contributed by atoms with Gasteiger partial charge in [0.1, 0.15) is 0 Å². The fourth-order valence-electron chi connectivity index (χ4n) is 2.16. The zero-order valence-electron chi connectivity index (χ0n) is 13.7. The van der Waals surface area contributed by atoms with Crippen LogP contribution in [0, 0.1) is 5.92 Å². The zero-order valence-corrected chi connectivity index (χ0v) is 13.7. The molecule has 0 radical (unpaired) electrons. The van der Waals surface area contributed by atoms with E-state index in [1.165, 1.54) is 17.7 Å². The molecule has 19 heavy (non-hydrogen) atoms. The molecule has 0 bridgehead atoms. The van der Waals surface area contributed by atoms with Gasteiger partial charge in [0.25, 0.3) is 0 Å². The lowest BCUT2D eigenvalue weighted by Crippen LogP contribution is -2.35. The molecule has 1 rings (SSSR count). The second kappa shape index (κ2) is 6.56. The lowest BCUT2D eigenvalue weighted by molar-refractivity contribution is 0.421. The van der Waals surface area contributed by atoms with Crippen molar-refractivity contribution in [3.63, 3.8) is 0 Å². The zero-order chi connectivity index (χ0) is 14.6. The molecule has 1 aromatic heterocycles. The lowest BCUT2D eigenvalue weighted by Gasteiger charge is -2.21. The highest BCUT2D eigenvalue weighted by Gasteiger charge is 2.16. The van der Waals surface area contributed by atoms with Crippen molar-refractivity contribution in [3.8, 4) is 0 Å². The smallest absolute Gasteiger partial charge is 0.0537 e. The van der Waals surface area contributed by atoms with Gasteiger partial charge in [-0.3, -0.25) is 4.68 Å². The van der Waals surface area contributed by atoms with Crippen LogP contribution in [0.25, 0.3) is 0 Å². The number of hydrogen-bond acceptors (Lipinski definition) is 2. The predicted molar refractivity (Wildman–Crippen MR) is 82.4 cm³/mol. The molecule has 0 aromatic carbocycles. The van der Waals surface area contributed by atoms with Crippen LogP contribution in [0.5, 0.6) is 0 Å². The van der Waals surface area contributed by atoms with Gasteiger partial charge in [-0.15, -0.1) is 0 Å². The van der Waals surface area contributed by atoms with Crippen molar-refractivity contribution in [2.24, 2.45) is 5.92 Å². The molecule has 0 unspecified atom stereocenters. The Morgan fingerprint density at radius 1 is 1.21 bits per heavy atom. The average molecular weight is 265 g/mol. The summed E-state index contributed by atoms with van der Waals surface area (Å²) in [7, 11) is 0. The van der Waals surface area contributed by atoms with Gasteiger partial charge >= 0.3 is 0 Å². The maximum Gasteiger partial charge on any atom is 0.0537 e. The Hall–Kier alpha value is -0.830. The molecular weight excluding hydrogens is 234 g/mol. The summed E-state index contributed by atoms with van der Waals surface area (Å²) in [5.41, 5.74) is 2.87. The Kier molecular flexibility index (Phi) is 5.60. The summed E-state index contributed by atoms with van der Waals surface area (Å²) in [5.74, 6) is 1.24. The van der Waals surface area contributed by atoms with Crippen molar-refractivity contribution in [1.82, 2.24) is 15.1 Å². The van der Waals surface area contributed by atoms with Gasteiger partial charge in [-0.2, -0.15) is 5.10 Å². The van der Waals surface area contributed by atoms with E-state index in [0.29, 0.717) is 5.92 Å². The average Bonchev–Trinajstić information content (AvgIpc) is 2.65. The second-order valence-corrected chi connectivity index (χ2v) is 7.22. The molecule has 110 valence electrons. The van der Waals surface area contributed by atoms with Gasteiger partial charge in [0, 0.05) is 29.9 Å². The highest BCUT2D eigenvalue weighted by Crippen LogP contribution is 2.21. The summed E-state index contributed by atoms with van der Waals surface area (Å²) in [6.45, 7) is 17.6. The third kappa shape index (κ3) is 5.35. The molecule has 1 heterocycles. The van der Waals surface area contributed by atoms with E-state index in [0.717, 1.165) is 19.0 Å². The van der Waals surface area contributed by atoms with Gasteiger partial charge in [0.05, 0.1) is 6.20 Å². The summed E-state index contributed by atoms with van der Waals surface area (Å²) in [4.78, 5) is 0. The largest absolute Gasteiger partial charge is 0.308 e. The molecule has 0 atom stereocenters. The van der Waals surface area contributed by atoms with Crippen LogP contribution < -0.4 is 5.32 Å². The quantitative estimate of drug-likeness (QED) is 0.844. The first-order chi connectivity index (χ1) is 8.70. The third-order valence-electron chi connectivity index (χ3n) is 3.23. The molecule has 0 saturated heterocycles. The Bertz CT molecular complexity index is 383. The summed E-state index contributed by atoms with van der Waals surface area (Å²) in [5, 5.41) is 8.14. The number of hydrogen-bond donors (Lipinski definition) is 1. The van der Waals surface area contributed by atoms with E-state index < -0.39 is 0 Å². The Morgan fingerprint density at radius 2 is 1.84 bits per heavy atom. The SMILES string of the molecule is CC(C)CCn1ncc(CNC(C)(C)C)c1C(C)C. The molecule has 3 nitrogen and oxygen atoms in total. The number of aromatic nitrogens is 2. The molecule has 0 aliphatic heterocycles. The second-order valence-electron chi connectivity index (χ2n) is 7.22. The topological polar surface area (TPSA) is 29.9 Å². The van der Waals surface area contributed by atoms with Gasteiger partial charge in [-0.25, -0.2) is 0 Å². The van der Waals surface area contributed by atoms with Crippen LogP contribution in [0.3, 0.4) is 0 Å². The minimum absolute atomic E-state index is 0.147. The van der Waals surface area contributed by atoms with Crippen molar-refractivity contribution < 1.29 is 0 Å². The minimum atomic E-state index is 0.147. The fraction of sp³-hybridized carbons (Fsp3) is 0.812. The molecule has 0 amide bonds. The molecule has 0 saturated carbocycles. The van der Waals surface area contributed by atoms with E-state index in [2.05, 4.69) is 63.6 Å². The van der Waals surface area contributed by atoms with Crippen LogP contribution in [0.1, 0.15) is 72.1 Å². The van der Waals surface area contributed by atoms with Crippen LogP contribution in [0.2, 0.25) is 0 Å². The first kappa shape index (κ1) is 16.2. The number of nitrogens with one attached hydrogen (secondary N) is 1. The first-order valence-electron chi connectivity index (χ1n) is 7.50. The van der Waals surface area contributed by atoms with Crippen LogP contribution in [-0.4, -0.2) is 15.3 Å². The lowest BCUT2D eigenvalue weighted by atomic mass is 10.0. The Labute approximate surface area is 118 Å². The fourth-order valence-corrected chi connectivity index (χ4v) is 2.16. The molecule has 0 fully saturated rings. The highest BCUT2D eigenvalue weighted by atomic mass is 15.3. The number of nitrogens with zero attached hydrogens (tertiary/aromatic N) is 2. The monoisotopic (exact) mass is 265 g/mol. The van der Waals surface area contributed by atoms with Crippen LogP contribution in [-0.2, 0) is 13.1 Å². The van der Waals surface area contributed by atoms with Crippen molar-refractivity contribution in [2.75, 3.05) is 0 Å². The van der Waals surface area contributed by atoms with Gasteiger partial charge in [0.2, 0.25) is 0 Å². The summed E-state index contributed by atoms with van der Waals surface area (Å²) in [6.07, 6.45) is 3.22. The summed E-state index contributed by atoms with van der Waals surface area (Å²) >= 11 is 0. The van der Waals surface area contributed by atoms with E-state index in [-0.39, 0.29) is 5.54 Å². The van der Waals surface area contributed by atoms with E-state index in [9.17, 15) is 0 Å². The van der Waals surface area contributed by atoms with E-state index in [1.54, 1.807) is 0 Å². The van der Waals surface area contributed by atoms with Crippen molar-refractivity contribution >= 4 is 0 Å². The summed E-state index contributed by atoms with van der Waals surface area (Å²) < 4.78 is 2.20. The number of rotatable bonds is 6. The first-order valence-corrected chi connectivity index (χ1v) is 7.50. The molecule has 0 spiro atoms. The van der Waals surface area contributed by atoms with Crippen molar-refractivity contribution in [1.29, 1.82) is 0 Å². The normalized spacial score (nSPS) is 12.7. The maximum absolute atomic E-state index is 4.59. The molecule has 1 N–H and O–H groups in total. The third-order valence-corrected chi connectivity index (χ3v) is 3.23. The van der Waals surface area contributed by atoms with Crippen molar-refractivity contribution in [3.05, 3.63) is 17.5 Å². The van der Waals surface area contributed by atoms with Gasteiger partial charge < -0.3 is 5.32 Å². The molecular formula is C16H31N3.